The normalized spacial score (nSPS) is 23.5. The second-order valence-electron chi connectivity index (χ2n) is 8.01. The number of piperidine rings is 2. The number of halogens is 3. The van der Waals surface area contributed by atoms with E-state index >= 15 is 0 Å². The van der Waals surface area contributed by atoms with Crippen LogP contribution in [0.2, 0.25) is 15.1 Å². The van der Waals surface area contributed by atoms with Gasteiger partial charge in [0.2, 0.25) is 10.0 Å². The second-order valence-corrected chi connectivity index (χ2v) is 11.5. The molecule has 162 valence electrons. The average molecular weight is 488 g/mol. The highest BCUT2D eigenvalue weighted by atomic mass is 35.5. The van der Waals surface area contributed by atoms with Gasteiger partial charge >= 0.3 is 0 Å². The van der Waals surface area contributed by atoms with Gasteiger partial charge in [0.05, 0.1) is 11.3 Å². The van der Waals surface area contributed by atoms with Crippen LogP contribution < -0.4 is 4.90 Å². The lowest BCUT2D eigenvalue weighted by molar-refractivity contribution is 0.335. The molecular weight excluding hydrogens is 463 g/mol. The first-order chi connectivity index (χ1) is 14.4. The zero-order valence-corrected chi connectivity index (χ0v) is 19.7. The van der Waals surface area contributed by atoms with Gasteiger partial charge in [0, 0.05) is 40.4 Å². The van der Waals surface area contributed by atoms with E-state index in [9.17, 15) is 8.42 Å². The third kappa shape index (κ3) is 4.61. The van der Waals surface area contributed by atoms with Crippen molar-refractivity contribution >= 4 is 50.5 Å². The third-order valence-corrected chi connectivity index (χ3v) is 9.24. The maximum Gasteiger partial charge on any atom is 0.218 e. The summed E-state index contributed by atoms with van der Waals surface area (Å²) in [6, 6.07) is 13.0. The highest BCUT2D eigenvalue weighted by Gasteiger charge is 2.40. The lowest BCUT2D eigenvalue weighted by Crippen LogP contribution is -2.50. The van der Waals surface area contributed by atoms with E-state index in [1.165, 1.54) is 0 Å². The first-order valence-corrected chi connectivity index (χ1v) is 13.0. The van der Waals surface area contributed by atoms with Crippen molar-refractivity contribution < 1.29 is 8.42 Å². The Morgan fingerprint density at radius 3 is 2.17 bits per heavy atom. The number of nitrogens with zero attached hydrogens (tertiary/aromatic N) is 2. The molecule has 2 fully saturated rings. The summed E-state index contributed by atoms with van der Waals surface area (Å²) >= 11 is 18.7. The highest BCUT2D eigenvalue weighted by Crippen LogP contribution is 2.41. The van der Waals surface area contributed by atoms with Crippen LogP contribution in [-0.4, -0.2) is 37.6 Å². The molecule has 0 aliphatic carbocycles. The standard InChI is InChI=1S/C22H25Cl3N2O2S/c23-16-4-7-18(8-5-16)27-15-19(30(28,29)26-12-2-1-3-13-26)9-11-22(27)20-10-6-17(24)14-21(20)25/h4-8,10,14,19,22H,1-3,9,11-13,15H2/t19-,22+/m1/s1. The molecule has 0 spiro atoms. The van der Waals surface area contributed by atoms with E-state index in [-0.39, 0.29) is 6.04 Å². The van der Waals surface area contributed by atoms with Crippen LogP contribution in [0.5, 0.6) is 0 Å². The van der Waals surface area contributed by atoms with Crippen molar-refractivity contribution in [3.63, 3.8) is 0 Å². The summed E-state index contributed by atoms with van der Waals surface area (Å²) in [6.45, 7) is 1.68. The fourth-order valence-corrected chi connectivity index (χ4v) is 7.16. The topological polar surface area (TPSA) is 40.6 Å². The van der Waals surface area contributed by atoms with E-state index in [0.717, 1.165) is 30.5 Å². The molecule has 0 N–H and O–H groups in total. The summed E-state index contributed by atoms with van der Waals surface area (Å²) in [5.41, 5.74) is 1.90. The molecule has 0 aromatic heterocycles. The van der Waals surface area contributed by atoms with Crippen LogP contribution in [-0.2, 0) is 10.0 Å². The predicted octanol–water partition coefficient (Wildman–Crippen LogP) is 6.17. The molecule has 2 heterocycles. The molecule has 2 aliphatic heterocycles. The van der Waals surface area contributed by atoms with Gasteiger partial charge in [-0.05, 0) is 67.6 Å². The number of benzene rings is 2. The van der Waals surface area contributed by atoms with Crippen molar-refractivity contribution in [3.05, 3.63) is 63.1 Å². The Morgan fingerprint density at radius 1 is 0.833 bits per heavy atom. The summed E-state index contributed by atoms with van der Waals surface area (Å²) in [6.07, 6.45) is 4.28. The van der Waals surface area contributed by atoms with Gasteiger partial charge in [-0.3, -0.25) is 0 Å². The van der Waals surface area contributed by atoms with Crippen LogP contribution in [0.1, 0.15) is 43.7 Å². The summed E-state index contributed by atoms with van der Waals surface area (Å²) in [4.78, 5) is 2.15. The van der Waals surface area contributed by atoms with Crippen LogP contribution in [0.15, 0.2) is 42.5 Å². The summed E-state index contributed by atoms with van der Waals surface area (Å²) < 4.78 is 28.4. The second kappa shape index (κ2) is 9.25. The molecule has 2 atom stereocenters. The lowest BCUT2D eigenvalue weighted by atomic mass is 9.94. The van der Waals surface area contributed by atoms with Gasteiger partial charge < -0.3 is 4.90 Å². The van der Waals surface area contributed by atoms with Gasteiger partial charge in [0.15, 0.2) is 0 Å². The first-order valence-electron chi connectivity index (χ1n) is 10.3. The van der Waals surface area contributed by atoms with Crippen LogP contribution in [0.3, 0.4) is 0 Å². The van der Waals surface area contributed by atoms with E-state index in [0.29, 0.717) is 47.5 Å². The van der Waals surface area contributed by atoms with Crippen LogP contribution >= 0.6 is 34.8 Å². The fraction of sp³-hybridized carbons (Fsp3) is 0.455. The van der Waals surface area contributed by atoms with E-state index in [4.69, 9.17) is 34.8 Å². The zero-order valence-electron chi connectivity index (χ0n) is 16.6. The quantitative estimate of drug-likeness (QED) is 0.517. The van der Waals surface area contributed by atoms with Crippen molar-refractivity contribution in [3.8, 4) is 0 Å². The summed E-state index contributed by atoms with van der Waals surface area (Å²) in [7, 11) is -3.35. The highest BCUT2D eigenvalue weighted by molar-refractivity contribution is 7.89. The Balaban J connectivity index is 1.67. The zero-order chi connectivity index (χ0) is 21.3. The van der Waals surface area contributed by atoms with Crippen molar-refractivity contribution in [1.82, 2.24) is 4.31 Å². The Labute approximate surface area is 193 Å². The van der Waals surface area contributed by atoms with Crippen molar-refractivity contribution in [1.29, 1.82) is 0 Å². The van der Waals surface area contributed by atoms with Gasteiger partial charge in [-0.15, -0.1) is 0 Å². The van der Waals surface area contributed by atoms with E-state index in [1.54, 1.807) is 10.4 Å². The maximum absolute atomic E-state index is 13.4. The number of sulfonamides is 1. The minimum Gasteiger partial charge on any atom is -0.363 e. The smallest absolute Gasteiger partial charge is 0.218 e. The van der Waals surface area contributed by atoms with Crippen molar-refractivity contribution in [2.45, 2.75) is 43.4 Å². The molecule has 8 heteroatoms. The molecule has 2 aromatic carbocycles. The van der Waals surface area contributed by atoms with Crippen LogP contribution in [0, 0.1) is 0 Å². The van der Waals surface area contributed by atoms with Gasteiger partial charge in [0.25, 0.3) is 0 Å². The van der Waals surface area contributed by atoms with Gasteiger partial charge in [-0.2, -0.15) is 0 Å². The fourth-order valence-electron chi connectivity index (χ4n) is 4.52. The van der Waals surface area contributed by atoms with Gasteiger partial charge in [0.1, 0.15) is 0 Å². The van der Waals surface area contributed by atoms with E-state index in [2.05, 4.69) is 4.90 Å². The monoisotopic (exact) mass is 486 g/mol. The molecule has 0 amide bonds. The van der Waals surface area contributed by atoms with Crippen molar-refractivity contribution in [2.24, 2.45) is 0 Å². The molecule has 2 saturated heterocycles. The van der Waals surface area contributed by atoms with E-state index < -0.39 is 15.3 Å². The minimum atomic E-state index is -3.35. The third-order valence-electron chi connectivity index (χ3n) is 6.11. The number of rotatable bonds is 4. The minimum absolute atomic E-state index is 0.0243. The van der Waals surface area contributed by atoms with E-state index in [1.807, 2.05) is 36.4 Å². The maximum atomic E-state index is 13.4. The van der Waals surface area contributed by atoms with Crippen LogP contribution in [0.4, 0.5) is 5.69 Å². The molecule has 2 aliphatic rings. The summed E-state index contributed by atoms with van der Waals surface area (Å²) in [5, 5.41) is 1.40. The predicted molar refractivity (Wildman–Crippen MR) is 125 cm³/mol. The molecule has 0 saturated carbocycles. The Bertz CT molecular complexity index is 992. The molecule has 30 heavy (non-hydrogen) atoms. The molecule has 0 radical (unpaired) electrons. The molecule has 4 rings (SSSR count). The Kier molecular flexibility index (Phi) is 6.85. The Morgan fingerprint density at radius 2 is 1.50 bits per heavy atom. The van der Waals surface area contributed by atoms with Crippen molar-refractivity contribution in [2.75, 3.05) is 24.5 Å². The SMILES string of the molecule is O=S(=O)([C@@H]1CC[C@@H](c2ccc(Cl)cc2Cl)N(c2ccc(Cl)cc2)C1)N1CCCCC1. The number of hydrogen-bond donors (Lipinski definition) is 0. The number of hydrogen-bond acceptors (Lipinski definition) is 3. The largest absolute Gasteiger partial charge is 0.363 e. The molecule has 0 bridgehead atoms. The van der Waals surface area contributed by atoms with Gasteiger partial charge in [-0.25, -0.2) is 12.7 Å². The molecule has 4 nitrogen and oxygen atoms in total. The summed E-state index contributed by atoms with van der Waals surface area (Å²) in [5.74, 6) is 0. The molecule has 0 unspecified atom stereocenters. The number of anilines is 1. The first kappa shape index (κ1) is 22.2. The Hall–Kier alpha value is -0.980. The molecule has 2 aromatic rings. The van der Waals surface area contributed by atoms with Crippen LogP contribution in [0.25, 0.3) is 0 Å². The molecular formula is C22H25Cl3N2O2S. The lowest BCUT2D eigenvalue weighted by Gasteiger charge is -2.43. The van der Waals surface area contributed by atoms with Gasteiger partial charge in [-0.1, -0.05) is 47.3 Å². The average Bonchev–Trinajstić information content (AvgIpc) is 2.75.